The van der Waals surface area contributed by atoms with Gasteiger partial charge in [-0.2, -0.15) is 5.10 Å². The fourth-order valence-electron chi connectivity index (χ4n) is 7.01. The van der Waals surface area contributed by atoms with E-state index in [9.17, 15) is 9.59 Å². The second-order valence-electron chi connectivity index (χ2n) is 14.0. The Morgan fingerprint density at radius 3 is 2.70 bits per heavy atom. The Morgan fingerprint density at radius 1 is 1.09 bits per heavy atom. The van der Waals surface area contributed by atoms with Gasteiger partial charge in [0.15, 0.2) is 5.82 Å². The molecule has 4 aromatic heterocycles. The van der Waals surface area contributed by atoms with Crippen LogP contribution in [0.4, 0.5) is 5.69 Å². The molecule has 0 unspecified atom stereocenters. The number of carbonyl (C=O) groups excluding carboxylic acids is 2. The zero-order valence-corrected chi connectivity index (χ0v) is 32.3. The topological polar surface area (TPSA) is 144 Å². The van der Waals surface area contributed by atoms with Gasteiger partial charge in [0.05, 0.1) is 46.1 Å². The number of fused-ring (bicyclic) bond motifs is 1. The summed E-state index contributed by atoms with van der Waals surface area (Å²) in [5.41, 5.74) is 6.73. The van der Waals surface area contributed by atoms with Crippen molar-refractivity contribution in [2.45, 2.75) is 64.7 Å². The average Bonchev–Trinajstić information content (AvgIpc) is 3.90. The lowest BCUT2D eigenvalue weighted by Crippen LogP contribution is -2.35. The fraction of sp³-hybridized carbons (Fsp3) is 0.385. The SMILES string of the molecule is COc1nc(-c2ccnc(-c3cccc(NC(=O)c4nc5c(n4C)CCN(CCc4cnn(C(C)C)c4)C5)c3Cl)c2Cl)ccc1CNC[C@@H]1CCC(=O)N1. The molecule has 1 saturated heterocycles. The average molecular weight is 772 g/mol. The molecule has 2 amide bonds. The quantitative estimate of drug-likeness (QED) is 0.134. The number of nitrogens with zero attached hydrogens (tertiary/aromatic N) is 7. The Morgan fingerprint density at radius 2 is 1.94 bits per heavy atom. The Kier molecular flexibility index (Phi) is 11.3. The van der Waals surface area contributed by atoms with Gasteiger partial charge in [0.2, 0.25) is 11.8 Å². The number of pyridine rings is 2. The van der Waals surface area contributed by atoms with Crippen molar-refractivity contribution >= 4 is 40.7 Å². The summed E-state index contributed by atoms with van der Waals surface area (Å²) in [6.45, 7) is 7.87. The van der Waals surface area contributed by atoms with E-state index in [-0.39, 0.29) is 17.9 Å². The van der Waals surface area contributed by atoms with E-state index in [1.165, 1.54) is 5.56 Å². The van der Waals surface area contributed by atoms with Crippen molar-refractivity contribution in [2.75, 3.05) is 32.1 Å². The van der Waals surface area contributed by atoms with Crippen LogP contribution in [-0.2, 0) is 37.8 Å². The van der Waals surface area contributed by atoms with E-state index in [4.69, 9.17) is 37.9 Å². The van der Waals surface area contributed by atoms with Gasteiger partial charge in [-0.15, -0.1) is 0 Å². The van der Waals surface area contributed by atoms with E-state index in [0.717, 1.165) is 49.3 Å². The first-order valence-electron chi connectivity index (χ1n) is 18.2. The molecule has 2 aliphatic rings. The largest absolute Gasteiger partial charge is 0.481 e. The highest BCUT2D eigenvalue weighted by atomic mass is 35.5. The molecule has 0 bridgehead atoms. The predicted octanol–water partition coefficient (Wildman–Crippen LogP) is 5.86. The molecule has 54 heavy (non-hydrogen) atoms. The number of carbonyl (C=O) groups is 2. The molecule has 15 heteroatoms. The predicted molar refractivity (Wildman–Crippen MR) is 209 cm³/mol. The van der Waals surface area contributed by atoms with E-state index in [1.54, 1.807) is 31.5 Å². The number of anilines is 1. The molecule has 5 aromatic rings. The maximum absolute atomic E-state index is 13.7. The van der Waals surface area contributed by atoms with Crippen LogP contribution in [0.2, 0.25) is 10.0 Å². The van der Waals surface area contributed by atoms with E-state index in [1.807, 2.05) is 40.7 Å². The van der Waals surface area contributed by atoms with Crippen molar-refractivity contribution in [1.29, 1.82) is 0 Å². The summed E-state index contributed by atoms with van der Waals surface area (Å²) >= 11 is 14.0. The van der Waals surface area contributed by atoms with Crippen molar-refractivity contribution < 1.29 is 14.3 Å². The van der Waals surface area contributed by atoms with Crippen LogP contribution in [0, 0.1) is 0 Å². The van der Waals surface area contributed by atoms with Gasteiger partial charge in [-0.05, 0) is 50.5 Å². The van der Waals surface area contributed by atoms with Gasteiger partial charge in [0.1, 0.15) is 0 Å². The Hall–Kier alpha value is -4.82. The highest BCUT2D eigenvalue weighted by Crippen LogP contribution is 2.40. The number of halogens is 2. The Bertz CT molecular complexity index is 2180. The lowest BCUT2D eigenvalue weighted by molar-refractivity contribution is -0.119. The van der Waals surface area contributed by atoms with Gasteiger partial charge in [-0.3, -0.25) is 24.2 Å². The van der Waals surface area contributed by atoms with E-state index in [0.29, 0.717) is 82.0 Å². The van der Waals surface area contributed by atoms with Gasteiger partial charge in [0.25, 0.3) is 5.91 Å². The van der Waals surface area contributed by atoms with Crippen molar-refractivity contribution in [3.63, 3.8) is 0 Å². The molecule has 13 nitrogen and oxygen atoms in total. The van der Waals surface area contributed by atoms with Crippen LogP contribution in [0.3, 0.4) is 0 Å². The second kappa shape index (κ2) is 16.3. The molecular formula is C39H44Cl2N10O3. The van der Waals surface area contributed by atoms with Gasteiger partial charge in [-0.25, -0.2) is 9.97 Å². The molecule has 7 rings (SSSR count). The van der Waals surface area contributed by atoms with Gasteiger partial charge in [0, 0.05) is 99.5 Å². The van der Waals surface area contributed by atoms with Gasteiger partial charge in [-0.1, -0.05) is 41.4 Å². The molecule has 0 saturated carbocycles. The molecule has 6 heterocycles. The van der Waals surface area contributed by atoms with Crippen LogP contribution < -0.4 is 20.7 Å². The lowest BCUT2D eigenvalue weighted by Gasteiger charge is -2.26. The summed E-state index contributed by atoms with van der Waals surface area (Å²) in [5.74, 6) is 0.519. The lowest BCUT2D eigenvalue weighted by atomic mass is 10.1. The van der Waals surface area contributed by atoms with Crippen molar-refractivity contribution in [3.8, 4) is 28.4 Å². The van der Waals surface area contributed by atoms with Gasteiger partial charge < -0.3 is 25.3 Å². The van der Waals surface area contributed by atoms with Crippen molar-refractivity contribution in [2.24, 2.45) is 7.05 Å². The molecule has 0 aliphatic carbocycles. The molecule has 1 atom stereocenters. The molecule has 1 aromatic carbocycles. The third kappa shape index (κ3) is 8.00. The van der Waals surface area contributed by atoms with E-state index in [2.05, 4.69) is 51.0 Å². The minimum Gasteiger partial charge on any atom is -0.481 e. The molecule has 1 fully saturated rings. The molecular weight excluding hydrogens is 727 g/mol. The number of methoxy groups -OCH3 is 1. The first kappa shape index (κ1) is 37.5. The number of rotatable bonds is 13. The number of nitrogens with one attached hydrogen (secondary N) is 3. The molecule has 2 aliphatic heterocycles. The van der Waals surface area contributed by atoms with Crippen LogP contribution in [0.25, 0.3) is 22.5 Å². The summed E-state index contributed by atoms with van der Waals surface area (Å²) in [5, 5.41) is 14.4. The smallest absolute Gasteiger partial charge is 0.291 e. The summed E-state index contributed by atoms with van der Waals surface area (Å²) in [6.07, 6.45) is 8.78. The monoisotopic (exact) mass is 770 g/mol. The first-order valence-corrected chi connectivity index (χ1v) is 18.9. The summed E-state index contributed by atoms with van der Waals surface area (Å²) < 4.78 is 9.49. The van der Waals surface area contributed by atoms with E-state index >= 15 is 0 Å². The zero-order valence-electron chi connectivity index (χ0n) is 30.8. The number of aromatic nitrogens is 6. The van der Waals surface area contributed by atoms with Crippen LogP contribution >= 0.6 is 23.2 Å². The molecule has 3 N–H and O–H groups in total. The van der Waals surface area contributed by atoms with Gasteiger partial charge >= 0.3 is 0 Å². The Balaban J connectivity index is 1.04. The van der Waals surface area contributed by atoms with Crippen molar-refractivity contribution in [3.05, 3.63) is 93.4 Å². The van der Waals surface area contributed by atoms with E-state index < -0.39 is 0 Å². The number of hydrogen-bond donors (Lipinski definition) is 3. The third-order valence-electron chi connectivity index (χ3n) is 10.0. The minimum atomic E-state index is -0.356. The van der Waals surface area contributed by atoms with Crippen LogP contribution in [0.1, 0.15) is 65.9 Å². The second-order valence-corrected chi connectivity index (χ2v) is 14.8. The third-order valence-corrected chi connectivity index (χ3v) is 10.8. The summed E-state index contributed by atoms with van der Waals surface area (Å²) in [6, 6.07) is 11.4. The Labute approximate surface area is 324 Å². The summed E-state index contributed by atoms with van der Waals surface area (Å²) in [7, 11) is 3.46. The fourth-order valence-corrected chi connectivity index (χ4v) is 7.59. The molecule has 282 valence electrons. The highest BCUT2D eigenvalue weighted by Gasteiger charge is 2.27. The number of ether oxygens (including phenoxy) is 1. The normalized spacial score (nSPS) is 15.8. The van der Waals surface area contributed by atoms with Crippen LogP contribution in [-0.4, -0.2) is 78.8 Å². The molecule has 0 spiro atoms. The number of imidazole rings is 1. The number of amides is 2. The minimum absolute atomic E-state index is 0.0881. The standard InChI is InChI=1S/C39H44Cl2N10O3/c1-23(2)51-21-24(18-44-51)13-16-50-17-14-32-31(22-50)46-37(49(32)3)38(53)47-30-7-5-6-28(34(30)40)36-35(41)27(12-15-43-36)29-10-8-25(39(48-29)54-4)19-42-20-26-9-11-33(52)45-26/h5-8,10,12,15,18,21,23,26,42H,9,11,13-14,16-17,19-20,22H2,1-4H3,(H,45,52)(H,47,53)/t26-/m0/s1. The maximum Gasteiger partial charge on any atom is 0.291 e. The van der Waals surface area contributed by atoms with Crippen LogP contribution in [0.5, 0.6) is 5.88 Å². The molecule has 0 radical (unpaired) electrons. The number of hydrogen-bond acceptors (Lipinski definition) is 9. The number of benzene rings is 1. The van der Waals surface area contributed by atoms with Crippen molar-refractivity contribution in [1.82, 2.24) is 44.8 Å². The first-order chi connectivity index (χ1) is 26.1. The van der Waals surface area contributed by atoms with Crippen LogP contribution in [0.15, 0.2) is 55.0 Å². The highest BCUT2D eigenvalue weighted by molar-refractivity contribution is 6.39. The maximum atomic E-state index is 13.7. The zero-order chi connectivity index (χ0) is 37.9. The summed E-state index contributed by atoms with van der Waals surface area (Å²) in [4.78, 5) is 41.7.